The van der Waals surface area contributed by atoms with Crippen LogP contribution in [0.4, 0.5) is 5.69 Å². The van der Waals surface area contributed by atoms with E-state index in [2.05, 4.69) is 35.6 Å². The van der Waals surface area contributed by atoms with E-state index in [4.69, 9.17) is 5.73 Å². The highest BCUT2D eigenvalue weighted by Gasteiger charge is 2.12. The fourth-order valence-corrected chi connectivity index (χ4v) is 2.18. The second-order valence-corrected chi connectivity index (χ2v) is 4.78. The van der Waals surface area contributed by atoms with Gasteiger partial charge in [0.25, 0.3) is 0 Å². The summed E-state index contributed by atoms with van der Waals surface area (Å²) < 4.78 is 0. The number of benzene rings is 1. The SMILES string of the molecule is CCC(C)N(CC)Cc1nc2ccc(N)cc2[nH]1. The van der Waals surface area contributed by atoms with Crippen molar-refractivity contribution in [2.24, 2.45) is 0 Å². The van der Waals surface area contributed by atoms with Gasteiger partial charge in [-0.15, -0.1) is 0 Å². The number of hydrogen-bond acceptors (Lipinski definition) is 3. The maximum Gasteiger partial charge on any atom is 0.121 e. The van der Waals surface area contributed by atoms with Gasteiger partial charge in [-0.25, -0.2) is 4.98 Å². The van der Waals surface area contributed by atoms with Gasteiger partial charge in [-0.05, 0) is 38.1 Å². The van der Waals surface area contributed by atoms with Crippen LogP contribution >= 0.6 is 0 Å². The van der Waals surface area contributed by atoms with E-state index in [1.165, 1.54) is 0 Å². The zero-order valence-electron chi connectivity index (χ0n) is 11.4. The molecule has 1 aromatic heterocycles. The maximum atomic E-state index is 5.77. The summed E-state index contributed by atoms with van der Waals surface area (Å²) in [5.74, 6) is 1.01. The van der Waals surface area contributed by atoms with Crippen molar-refractivity contribution in [1.29, 1.82) is 0 Å². The Morgan fingerprint density at radius 3 is 2.83 bits per heavy atom. The normalized spacial score (nSPS) is 13.3. The van der Waals surface area contributed by atoms with Crippen molar-refractivity contribution >= 4 is 16.7 Å². The molecule has 18 heavy (non-hydrogen) atoms. The molecule has 1 unspecified atom stereocenters. The van der Waals surface area contributed by atoms with Crippen molar-refractivity contribution in [3.8, 4) is 0 Å². The summed E-state index contributed by atoms with van der Waals surface area (Å²) in [5.41, 5.74) is 8.55. The highest BCUT2D eigenvalue weighted by atomic mass is 15.2. The lowest BCUT2D eigenvalue weighted by Crippen LogP contribution is -2.32. The molecule has 3 N–H and O–H groups in total. The molecule has 0 bridgehead atoms. The Hall–Kier alpha value is -1.55. The Bertz CT molecular complexity index is 517. The summed E-state index contributed by atoms with van der Waals surface area (Å²) in [6.07, 6.45) is 1.15. The molecule has 1 heterocycles. The molecule has 4 heteroatoms. The second kappa shape index (κ2) is 5.40. The molecule has 4 nitrogen and oxygen atoms in total. The molecule has 1 aromatic carbocycles. The molecule has 1 atom stereocenters. The molecule has 0 aliphatic heterocycles. The van der Waals surface area contributed by atoms with Crippen molar-refractivity contribution in [3.05, 3.63) is 24.0 Å². The van der Waals surface area contributed by atoms with Gasteiger partial charge < -0.3 is 10.7 Å². The standard InChI is InChI=1S/C14H22N4/c1-4-10(3)18(5-2)9-14-16-12-7-6-11(15)8-13(12)17-14/h6-8,10H,4-5,9,15H2,1-3H3,(H,16,17). The van der Waals surface area contributed by atoms with Gasteiger partial charge in [0, 0.05) is 11.7 Å². The number of nitrogens with two attached hydrogens (primary N) is 1. The van der Waals surface area contributed by atoms with Gasteiger partial charge in [-0.1, -0.05) is 13.8 Å². The Labute approximate surface area is 108 Å². The van der Waals surface area contributed by atoms with E-state index in [9.17, 15) is 0 Å². The average molecular weight is 246 g/mol. The van der Waals surface area contributed by atoms with Crippen LogP contribution in [0.15, 0.2) is 18.2 Å². The molecule has 0 fully saturated rings. The van der Waals surface area contributed by atoms with Gasteiger partial charge >= 0.3 is 0 Å². The van der Waals surface area contributed by atoms with Crippen LogP contribution in [0, 0.1) is 0 Å². The van der Waals surface area contributed by atoms with E-state index < -0.39 is 0 Å². The first-order valence-electron chi connectivity index (χ1n) is 6.62. The van der Waals surface area contributed by atoms with Crippen LogP contribution in [0.5, 0.6) is 0 Å². The Morgan fingerprint density at radius 2 is 2.17 bits per heavy atom. The van der Waals surface area contributed by atoms with Crippen molar-refractivity contribution in [2.45, 2.75) is 39.8 Å². The minimum absolute atomic E-state index is 0.577. The molecule has 0 saturated carbocycles. The smallest absolute Gasteiger partial charge is 0.121 e. The molecular weight excluding hydrogens is 224 g/mol. The topological polar surface area (TPSA) is 57.9 Å². The molecule has 2 rings (SSSR count). The predicted octanol–water partition coefficient (Wildman–Crippen LogP) is 2.77. The zero-order chi connectivity index (χ0) is 13.1. The summed E-state index contributed by atoms with van der Waals surface area (Å²) >= 11 is 0. The first-order valence-corrected chi connectivity index (χ1v) is 6.62. The third-order valence-corrected chi connectivity index (χ3v) is 3.53. The van der Waals surface area contributed by atoms with Gasteiger partial charge in [0.15, 0.2) is 0 Å². The van der Waals surface area contributed by atoms with Crippen LogP contribution in [0.3, 0.4) is 0 Å². The number of anilines is 1. The summed E-state index contributed by atoms with van der Waals surface area (Å²) in [6, 6.07) is 6.36. The van der Waals surface area contributed by atoms with Gasteiger partial charge in [0.05, 0.1) is 17.6 Å². The Morgan fingerprint density at radius 1 is 1.39 bits per heavy atom. The molecule has 98 valence electrons. The van der Waals surface area contributed by atoms with E-state index >= 15 is 0 Å². The highest BCUT2D eigenvalue weighted by molar-refractivity contribution is 5.78. The number of aromatic nitrogens is 2. The highest BCUT2D eigenvalue weighted by Crippen LogP contribution is 2.16. The van der Waals surface area contributed by atoms with Crippen LogP contribution in [0.2, 0.25) is 0 Å². The number of rotatable bonds is 5. The quantitative estimate of drug-likeness (QED) is 0.798. The van der Waals surface area contributed by atoms with Crippen LogP contribution in [0.25, 0.3) is 11.0 Å². The van der Waals surface area contributed by atoms with E-state index in [1.54, 1.807) is 0 Å². The molecule has 0 amide bonds. The second-order valence-electron chi connectivity index (χ2n) is 4.78. The van der Waals surface area contributed by atoms with Crippen LogP contribution in [-0.2, 0) is 6.54 Å². The number of fused-ring (bicyclic) bond motifs is 1. The zero-order valence-corrected chi connectivity index (χ0v) is 11.4. The summed E-state index contributed by atoms with van der Waals surface area (Å²) in [4.78, 5) is 10.4. The lowest BCUT2D eigenvalue weighted by Gasteiger charge is -2.25. The largest absolute Gasteiger partial charge is 0.399 e. The van der Waals surface area contributed by atoms with Crippen molar-refractivity contribution < 1.29 is 0 Å². The first kappa shape index (κ1) is 12.9. The Balaban J connectivity index is 2.20. The monoisotopic (exact) mass is 246 g/mol. The lowest BCUT2D eigenvalue weighted by atomic mass is 10.2. The number of nitrogens with zero attached hydrogens (tertiary/aromatic N) is 2. The molecular formula is C14H22N4. The summed E-state index contributed by atoms with van der Waals surface area (Å²) in [5, 5.41) is 0. The van der Waals surface area contributed by atoms with E-state index in [-0.39, 0.29) is 0 Å². The van der Waals surface area contributed by atoms with E-state index in [0.717, 1.165) is 42.1 Å². The molecule has 0 radical (unpaired) electrons. The van der Waals surface area contributed by atoms with Crippen LogP contribution in [-0.4, -0.2) is 27.5 Å². The van der Waals surface area contributed by atoms with E-state index in [1.807, 2.05) is 18.2 Å². The number of nitrogen functional groups attached to an aromatic ring is 1. The third-order valence-electron chi connectivity index (χ3n) is 3.53. The van der Waals surface area contributed by atoms with Crippen molar-refractivity contribution in [3.63, 3.8) is 0 Å². The Kier molecular flexibility index (Phi) is 3.87. The number of imidazole rings is 1. The summed E-state index contributed by atoms with van der Waals surface area (Å²) in [6.45, 7) is 8.55. The fourth-order valence-electron chi connectivity index (χ4n) is 2.18. The fraction of sp³-hybridized carbons (Fsp3) is 0.500. The predicted molar refractivity (Wildman–Crippen MR) is 76.3 cm³/mol. The molecule has 0 saturated heterocycles. The third kappa shape index (κ3) is 2.64. The van der Waals surface area contributed by atoms with Gasteiger partial charge in [-0.3, -0.25) is 4.90 Å². The average Bonchev–Trinajstić information content (AvgIpc) is 2.76. The van der Waals surface area contributed by atoms with Crippen molar-refractivity contribution in [1.82, 2.24) is 14.9 Å². The van der Waals surface area contributed by atoms with E-state index in [0.29, 0.717) is 6.04 Å². The van der Waals surface area contributed by atoms with Crippen molar-refractivity contribution in [2.75, 3.05) is 12.3 Å². The van der Waals surface area contributed by atoms with Crippen LogP contribution in [0.1, 0.15) is 33.0 Å². The van der Waals surface area contributed by atoms with Gasteiger partial charge in [0.1, 0.15) is 5.82 Å². The maximum absolute atomic E-state index is 5.77. The first-order chi connectivity index (χ1) is 8.63. The summed E-state index contributed by atoms with van der Waals surface area (Å²) in [7, 11) is 0. The van der Waals surface area contributed by atoms with Gasteiger partial charge in [0.2, 0.25) is 0 Å². The van der Waals surface area contributed by atoms with Gasteiger partial charge in [-0.2, -0.15) is 0 Å². The number of H-pyrrole nitrogens is 1. The molecule has 0 spiro atoms. The number of aromatic amines is 1. The number of nitrogens with one attached hydrogen (secondary N) is 1. The van der Waals surface area contributed by atoms with Crippen LogP contribution < -0.4 is 5.73 Å². The number of hydrogen-bond donors (Lipinski definition) is 2. The molecule has 2 aromatic rings. The minimum Gasteiger partial charge on any atom is -0.399 e. The molecule has 0 aliphatic carbocycles. The minimum atomic E-state index is 0.577. The molecule has 0 aliphatic rings. The lowest BCUT2D eigenvalue weighted by molar-refractivity contribution is 0.202.